The zero-order chi connectivity index (χ0) is 11.5. The molecule has 88 valence electrons. The fourth-order valence-electron chi connectivity index (χ4n) is 2.14. The fraction of sp³-hybridized carbons (Fsp3) is 0.909. The predicted molar refractivity (Wildman–Crippen MR) is 59.5 cm³/mol. The molecule has 1 heterocycles. The molecule has 1 aliphatic heterocycles. The Morgan fingerprint density at radius 3 is 2.73 bits per heavy atom. The summed E-state index contributed by atoms with van der Waals surface area (Å²) in [5.41, 5.74) is 5.95. The van der Waals surface area contributed by atoms with E-state index >= 15 is 0 Å². The lowest BCUT2D eigenvalue weighted by atomic mass is 10.0. The van der Waals surface area contributed by atoms with Crippen molar-refractivity contribution < 1.29 is 9.53 Å². The predicted octanol–water partition coefficient (Wildman–Crippen LogP) is 0.751. The number of esters is 1. The van der Waals surface area contributed by atoms with E-state index in [1.807, 2.05) is 0 Å². The van der Waals surface area contributed by atoms with Crippen LogP contribution in [0.4, 0.5) is 0 Å². The number of methoxy groups -OCH3 is 1. The van der Waals surface area contributed by atoms with Crippen molar-refractivity contribution in [3.05, 3.63) is 0 Å². The van der Waals surface area contributed by atoms with Crippen LogP contribution in [0.15, 0.2) is 0 Å². The molecule has 4 heteroatoms. The number of likely N-dealkylation sites (tertiary alicyclic amines) is 1. The lowest BCUT2D eigenvalue weighted by Gasteiger charge is -2.31. The topological polar surface area (TPSA) is 55.6 Å². The summed E-state index contributed by atoms with van der Waals surface area (Å²) in [6.45, 7) is 6.47. The van der Waals surface area contributed by atoms with Gasteiger partial charge in [-0.15, -0.1) is 0 Å². The number of carbonyl (C=O) groups excluding carboxylic acids is 1. The molecule has 1 fully saturated rings. The lowest BCUT2D eigenvalue weighted by molar-refractivity contribution is -0.142. The quantitative estimate of drug-likeness (QED) is 0.702. The van der Waals surface area contributed by atoms with Crippen molar-refractivity contribution in [3.63, 3.8) is 0 Å². The first kappa shape index (κ1) is 12.5. The highest BCUT2D eigenvalue weighted by Crippen LogP contribution is 2.28. The third-order valence-electron chi connectivity index (χ3n) is 3.29. The van der Waals surface area contributed by atoms with Gasteiger partial charge >= 0.3 is 5.97 Å². The minimum Gasteiger partial charge on any atom is -0.468 e. The highest BCUT2D eigenvalue weighted by molar-refractivity contribution is 5.75. The Hall–Kier alpha value is -0.610. The van der Waals surface area contributed by atoms with Crippen molar-refractivity contribution in [3.8, 4) is 0 Å². The van der Waals surface area contributed by atoms with Crippen LogP contribution in [-0.2, 0) is 9.53 Å². The Labute approximate surface area is 91.8 Å². The first-order chi connectivity index (χ1) is 6.97. The lowest BCUT2D eigenvalue weighted by Crippen LogP contribution is -2.42. The highest BCUT2D eigenvalue weighted by atomic mass is 16.5. The molecule has 0 bridgehead atoms. The Morgan fingerprint density at radius 1 is 1.60 bits per heavy atom. The third kappa shape index (κ3) is 3.18. The molecule has 0 radical (unpaired) electrons. The van der Waals surface area contributed by atoms with Gasteiger partial charge in [0.25, 0.3) is 0 Å². The smallest absolute Gasteiger partial charge is 0.322 e. The van der Waals surface area contributed by atoms with E-state index in [2.05, 4.69) is 23.5 Å². The number of hydrogen-bond acceptors (Lipinski definition) is 4. The Morgan fingerprint density at radius 2 is 2.27 bits per heavy atom. The average molecular weight is 214 g/mol. The Bertz CT molecular complexity index is 229. The fourth-order valence-corrected chi connectivity index (χ4v) is 2.14. The number of rotatable bonds is 4. The van der Waals surface area contributed by atoms with Crippen LogP contribution < -0.4 is 5.73 Å². The maximum absolute atomic E-state index is 11.1. The van der Waals surface area contributed by atoms with Gasteiger partial charge in [0, 0.05) is 12.1 Å². The average Bonchev–Trinajstić information content (AvgIpc) is 2.53. The van der Waals surface area contributed by atoms with Gasteiger partial charge in [-0.2, -0.15) is 0 Å². The van der Waals surface area contributed by atoms with Gasteiger partial charge in [-0.25, -0.2) is 0 Å². The van der Waals surface area contributed by atoms with E-state index in [4.69, 9.17) is 5.73 Å². The molecule has 4 nitrogen and oxygen atoms in total. The van der Waals surface area contributed by atoms with Gasteiger partial charge in [0.05, 0.1) is 7.11 Å². The normalized spacial score (nSPS) is 22.7. The van der Waals surface area contributed by atoms with Crippen molar-refractivity contribution in [2.45, 2.75) is 44.7 Å². The van der Waals surface area contributed by atoms with Crippen LogP contribution in [-0.4, -0.2) is 42.6 Å². The summed E-state index contributed by atoms with van der Waals surface area (Å²) in [5.74, 6) is -0.313. The molecule has 2 N–H and O–H groups in total. The van der Waals surface area contributed by atoms with Crippen molar-refractivity contribution in [2.75, 3.05) is 20.2 Å². The third-order valence-corrected chi connectivity index (χ3v) is 3.29. The zero-order valence-electron chi connectivity index (χ0n) is 9.95. The first-order valence-corrected chi connectivity index (χ1v) is 5.56. The van der Waals surface area contributed by atoms with Crippen LogP contribution in [0.1, 0.15) is 33.1 Å². The molecule has 0 aliphatic carbocycles. The van der Waals surface area contributed by atoms with Gasteiger partial charge in [0.1, 0.15) is 6.04 Å². The van der Waals surface area contributed by atoms with Gasteiger partial charge in [-0.05, 0) is 39.7 Å². The Balaban J connectivity index is 2.34. The minimum absolute atomic E-state index is 0.260. The van der Waals surface area contributed by atoms with Gasteiger partial charge in [0.2, 0.25) is 0 Å². The zero-order valence-corrected chi connectivity index (χ0v) is 9.95. The van der Waals surface area contributed by atoms with E-state index in [0.717, 1.165) is 13.1 Å². The van der Waals surface area contributed by atoms with Crippen LogP contribution in [0.5, 0.6) is 0 Å². The van der Waals surface area contributed by atoms with E-state index in [1.165, 1.54) is 20.0 Å². The summed E-state index contributed by atoms with van der Waals surface area (Å²) >= 11 is 0. The SMILES string of the molecule is COC(=O)C(N)CCN1CCCC1(C)C. The molecule has 1 saturated heterocycles. The van der Waals surface area contributed by atoms with Crippen LogP contribution in [0.2, 0.25) is 0 Å². The molecule has 0 aromatic rings. The summed E-state index contributed by atoms with van der Waals surface area (Å²) < 4.78 is 4.60. The van der Waals surface area contributed by atoms with Crippen molar-refractivity contribution in [1.29, 1.82) is 0 Å². The number of nitrogens with zero attached hydrogens (tertiary/aromatic N) is 1. The maximum atomic E-state index is 11.1. The second kappa shape index (κ2) is 4.94. The standard InChI is InChI=1S/C11H22N2O2/c1-11(2)6-4-7-13(11)8-5-9(12)10(14)15-3/h9H,4-8,12H2,1-3H3. The van der Waals surface area contributed by atoms with Crippen molar-refractivity contribution >= 4 is 5.97 Å². The van der Waals surface area contributed by atoms with Crippen LogP contribution in [0.3, 0.4) is 0 Å². The van der Waals surface area contributed by atoms with Crippen LogP contribution in [0, 0.1) is 0 Å². The second-order valence-corrected chi connectivity index (χ2v) is 4.82. The van der Waals surface area contributed by atoms with E-state index in [1.54, 1.807) is 0 Å². The van der Waals surface area contributed by atoms with Gasteiger partial charge in [-0.1, -0.05) is 0 Å². The van der Waals surface area contributed by atoms with Crippen LogP contribution >= 0.6 is 0 Å². The molecular formula is C11H22N2O2. The van der Waals surface area contributed by atoms with E-state index in [0.29, 0.717) is 6.42 Å². The second-order valence-electron chi connectivity index (χ2n) is 4.82. The molecule has 1 aliphatic rings. The number of ether oxygens (including phenoxy) is 1. The Kier molecular flexibility index (Phi) is 4.11. The molecule has 0 amide bonds. The highest BCUT2D eigenvalue weighted by Gasteiger charge is 2.31. The molecular weight excluding hydrogens is 192 g/mol. The van der Waals surface area contributed by atoms with Gasteiger partial charge in [-0.3, -0.25) is 9.69 Å². The van der Waals surface area contributed by atoms with E-state index < -0.39 is 6.04 Å². The maximum Gasteiger partial charge on any atom is 0.322 e. The van der Waals surface area contributed by atoms with Crippen LogP contribution in [0.25, 0.3) is 0 Å². The van der Waals surface area contributed by atoms with Gasteiger partial charge < -0.3 is 10.5 Å². The molecule has 0 spiro atoms. The first-order valence-electron chi connectivity index (χ1n) is 5.56. The number of carbonyl (C=O) groups is 1. The summed E-state index contributed by atoms with van der Waals surface area (Å²) in [7, 11) is 1.38. The van der Waals surface area contributed by atoms with Crippen molar-refractivity contribution in [1.82, 2.24) is 4.90 Å². The molecule has 1 unspecified atom stereocenters. The van der Waals surface area contributed by atoms with E-state index in [-0.39, 0.29) is 11.5 Å². The van der Waals surface area contributed by atoms with Crippen molar-refractivity contribution in [2.24, 2.45) is 5.73 Å². The summed E-state index contributed by atoms with van der Waals surface area (Å²) in [6.07, 6.45) is 3.14. The molecule has 15 heavy (non-hydrogen) atoms. The summed E-state index contributed by atoms with van der Waals surface area (Å²) in [6, 6.07) is -0.480. The molecule has 0 aromatic heterocycles. The number of nitrogens with two attached hydrogens (primary N) is 1. The van der Waals surface area contributed by atoms with Gasteiger partial charge in [0.15, 0.2) is 0 Å². The molecule has 1 rings (SSSR count). The minimum atomic E-state index is -0.480. The molecule has 0 aromatic carbocycles. The largest absolute Gasteiger partial charge is 0.468 e. The number of hydrogen-bond donors (Lipinski definition) is 1. The molecule has 0 saturated carbocycles. The monoisotopic (exact) mass is 214 g/mol. The van der Waals surface area contributed by atoms with E-state index in [9.17, 15) is 4.79 Å². The summed E-state index contributed by atoms with van der Waals surface area (Å²) in [5, 5.41) is 0. The summed E-state index contributed by atoms with van der Waals surface area (Å²) in [4.78, 5) is 13.5. The molecule has 1 atom stereocenters.